The van der Waals surface area contributed by atoms with Crippen molar-refractivity contribution >= 4 is 5.97 Å². The van der Waals surface area contributed by atoms with Gasteiger partial charge in [0.25, 0.3) is 0 Å². The second-order valence-electron chi connectivity index (χ2n) is 6.99. The summed E-state index contributed by atoms with van der Waals surface area (Å²) in [6, 6.07) is -0.0666. The van der Waals surface area contributed by atoms with Crippen molar-refractivity contribution in [3.05, 3.63) is 12.2 Å². The van der Waals surface area contributed by atoms with Crippen molar-refractivity contribution in [1.82, 2.24) is 0 Å². The van der Waals surface area contributed by atoms with Crippen LogP contribution in [-0.2, 0) is 9.53 Å². The molecular weight excluding hydrogens is 321 g/mol. The van der Waals surface area contributed by atoms with Crippen LogP contribution in [0, 0.1) is 0 Å². The second-order valence-corrected chi connectivity index (χ2v) is 6.99. The van der Waals surface area contributed by atoms with Gasteiger partial charge in [0.1, 0.15) is 6.61 Å². The summed E-state index contributed by atoms with van der Waals surface area (Å²) in [5.74, 6) is -0.107. The van der Waals surface area contributed by atoms with Crippen molar-refractivity contribution in [1.29, 1.82) is 0 Å². The molecule has 0 aliphatic rings. The average molecular weight is 364 g/mol. The smallest absolute Gasteiger partial charge is 1.00 e. The molecule has 0 spiro atoms. The molecule has 1 unspecified atom stereocenters. The molecule has 1 atom stereocenters. The Bertz CT molecular complexity index is 312. The summed E-state index contributed by atoms with van der Waals surface area (Å²) in [5, 5.41) is 0. The van der Waals surface area contributed by atoms with E-state index in [1.165, 1.54) is 70.6 Å². The Hall–Kier alpha value is 0.170. The van der Waals surface area contributed by atoms with E-state index in [0.29, 0.717) is 13.0 Å². The summed E-state index contributed by atoms with van der Waals surface area (Å²) in [5.41, 5.74) is 5.54. The van der Waals surface area contributed by atoms with Gasteiger partial charge in [-0.1, -0.05) is 70.4 Å². The third-order valence-corrected chi connectivity index (χ3v) is 4.15. The summed E-state index contributed by atoms with van der Waals surface area (Å²) in [6.07, 6.45) is 21.7. The molecule has 144 valence electrons. The number of ether oxygens (including phenoxy) is 1. The fourth-order valence-corrected chi connectivity index (χ4v) is 2.64. The van der Waals surface area contributed by atoms with Crippen molar-refractivity contribution in [3.63, 3.8) is 0 Å². The van der Waals surface area contributed by atoms with E-state index in [9.17, 15) is 4.79 Å². The van der Waals surface area contributed by atoms with E-state index in [1.807, 2.05) is 6.92 Å². The van der Waals surface area contributed by atoms with Gasteiger partial charge in [0.15, 0.2) is 0 Å². The van der Waals surface area contributed by atoms with Crippen LogP contribution in [0.5, 0.6) is 0 Å². The SMILES string of the molecule is CCCCCCCC/C=C\CCCCCCCC(=O)OCC(C)N.[H-].[Na+]. The molecule has 0 aliphatic carbocycles. The first-order valence-corrected chi connectivity index (χ1v) is 10.2. The topological polar surface area (TPSA) is 52.3 Å². The number of rotatable bonds is 17. The van der Waals surface area contributed by atoms with Crippen LogP contribution < -0.4 is 35.3 Å². The van der Waals surface area contributed by atoms with Crippen molar-refractivity contribution in [2.45, 2.75) is 110 Å². The minimum absolute atomic E-state index is 0. The van der Waals surface area contributed by atoms with E-state index in [1.54, 1.807) is 0 Å². The van der Waals surface area contributed by atoms with Crippen molar-refractivity contribution < 1.29 is 40.5 Å². The van der Waals surface area contributed by atoms with E-state index in [2.05, 4.69) is 19.1 Å². The molecule has 25 heavy (non-hydrogen) atoms. The summed E-state index contributed by atoms with van der Waals surface area (Å²) < 4.78 is 5.05. The fraction of sp³-hybridized carbons (Fsp3) is 0.857. The third kappa shape index (κ3) is 24.2. The van der Waals surface area contributed by atoms with Gasteiger partial charge < -0.3 is 11.9 Å². The quantitative estimate of drug-likeness (QED) is 0.187. The number of allylic oxidation sites excluding steroid dienone is 2. The molecule has 0 amide bonds. The summed E-state index contributed by atoms with van der Waals surface area (Å²) in [4.78, 5) is 11.4. The van der Waals surface area contributed by atoms with Crippen molar-refractivity contribution in [2.24, 2.45) is 5.73 Å². The molecular formula is C21H42NNaO2. The molecule has 0 heterocycles. The second kappa shape index (κ2) is 22.2. The molecule has 0 fully saturated rings. The zero-order valence-corrected chi connectivity index (χ0v) is 19.2. The van der Waals surface area contributed by atoms with Crippen LogP contribution in [0.4, 0.5) is 0 Å². The van der Waals surface area contributed by atoms with Crippen LogP contribution in [-0.4, -0.2) is 18.6 Å². The minimum atomic E-state index is -0.107. The van der Waals surface area contributed by atoms with Crippen LogP contribution in [0.25, 0.3) is 0 Å². The number of esters is 1. The predicted octanol–water partition coefficient (Wildman–Crippen LogP) is 3.03. The average Bonchev–Trinajstić information content (AvgIpc) is 2.56. The molecule has 4 heteroatoms. The van der Waals surface area contributed by atoms with Gasteiger partial charge in [-0.15, -0.1) is 0 Å². The van der Waals surface area contributed by atoms with E-state index < -0.39 is 0 Å². The number of carbonyl (C=O) groups excluding carboxylic acids is 1. The maximum absolute atomic E-state index is 11.4. The van der Waals surface area contributed by atoms with Crippen LogP contribution in [0.1, 0.15) is 105 Å². The number of carbonyl (C=O) groups is 1. The van der Waals surface area contributed by atoms with Gasteiger partial charge in [0.2, 0.25) is 0 Å². The van der Waals surface area contributed by atoms with E-state index in [-0.39, 0.29) is 43.0 Å². The molecule has 0 aromatic carbocycles. The summed E-state index contributed by atoms with van der Waals surface area (Å²) in [7, 11) is 0. The molecule has 0 rings (SSSR count). The van der Waals surface area contributed by atoms with Crippen molar-refractivity contribution in [2.75, 3.05) is 6.61 Å². The molecule has 0 aromatic heterocycles. The van der Waals surface area contributed by atoms with Gasteiger partial charge in [-0.3, -0.25) is 4.79 Å². The van der Waals surface area contributed by atoms with Crippen LogP contribution in [0.3, 0.4) is 0 Å². The number of nitrogens with two attached hydrogens (primary N) is 1. The molecule has 0 saturated carbocycles. The molecule has 2 N–H and O–H groups in total. The van der Waals surface area contributed by atoms with Gasteiger partial charge in [-0.2, -0.15) is 0 Å². The largest absolute Gasteiger partial charge is 1.00 e. The van der Waals surface area contributed by atoms with E-state index in [4.69, 9.17) is 10.5 Å². The van der Waals surface area contributed by atoms with Gasteiger partial charge in [0, 0.05) is 12.5 Å². The van der Waals surface area contributed by atoms with Crippen LogP contribution >= 0.6 is 0 Å². The van der Waals surface area contributed by atoms with E-state index >= 15 is 0 Å². The maximum Gasteiger partial charge on any atom is 1.00 e. The van der Waals surface area contributed by atoms with E-state index in [0.717, 1.165) is 12.8 Å². The monoisotopic (exact) mass is 363 g/mol. The maximum atomic E-state index is 11.4. The molecule has 0 bridgehead atoms. The standard InChI is InChI=1S/C21H41NO2.Na.H/c1-3-4-5-6-7-8-9-10-11-12-13-14-15-16-17-18-21(23)24-19-20(2)22;;/h10-11,20H,3-9,12-19,22H2,1-2H3;;/q;+1;-1/b11-10-;;. The minimum Gasteiger partial charge on any atom is -1.00 e. The first-order valence-electron chi connectivity index (χ1n) is 10.2. The molecule has 0 aromatic rings. The Morgan fingerprint density at radius 2 is 1.40 bits per heavy atom. The Morgan fingerprint density at radius 1 is 0.920 bits per heavy atom. The third-order valence-electron chi connectivity index (χ3n) is 4.15. The van der Waals surface area contributed by atoms with Crippen LogP contribution in [0.15, 0.2) is 12.2 Å². The predicted molar refractivity (Wildman–Crippen MR) is 105 cm³/mol. The number of hydrogen-bond donors (Lipinski definition) is 1. The van der Waals surface area contributed by atoms with Crippen molar-refractivity contribution in [3.8, 4) is 0 Å². The molecule has 0 radical (unpaired) electrons. The van der Waals surface area contributed by atoms with Gasteiger partial charge in [0.05, 0.1) is 0 Å². The normalized spacial score (nSPS) is 12.1. The Morgan fingerprint density at radius 3 is 1.92 bits per heavy atom. The zero-order valence-electron chi connectivity index (χ0n) is 18.2. The summed E-state index contributed by atoms with van der Waals surface area (Å²) in [6.45, 7) is 4.44. The first-order chi connectivity index (χ1) is 11.7. The van der Waals surface area contributed by atoms with Gasteiger partial charge in [-0.05, 0) is 39.0 Å². The Labute approximate surface area is 180 Å². The van der Waals surface area contributed by atoms with Crippen LogP contribution in [0.2, 0.25) is 0 Å². The van der Waals surface area contributed by atoms with Gasteiger partial charge >= 0.3 is 35.5 Å². The molecule has 3 nitrogen and oxygen atoms in total. The number of unbranched alkanes of at least 4 members (excludes halogenated alkanes) is 11. The molecule has 0 saturated heterocycles. The first kappa shape index (κ1) is 27.4. The Kier molecular flexibility index (Phi) is 24.3. The number of hydrogen-bond acceptors (Lipinski definition) is 3. The van der Waals surface area contributed by atoms with Gasteiger partial charge in [-0.25, -0.2) is 0 Å². The fourth-order valence-electron chi connectivity index (χ4n) is 2.64. The summed E-state index contributed by atoms with van der Waals surface area (Å²) >= 11 is 0. The zero-order chi connectivity index (χ0) is 17.9. The molecule has 0 aliphatic heterocycles. The Balaban J connectivity index is -0.00000264.